The van der Waals surface area contributed by atoms with Gasteiger partial charge in [0.1, 0.15) is 16.7 Å². The molecule has 0 bridgehead atoms. The maximum absolute atomic E-state index is 13.4. The van der Waals surface area contributed by atoms with Gasteiger partial charge in [0.25, 0.3) is 0 Å². The van der Waals surface area contributed by atoms with Crippen molar-refractivity contribution in [1.82, 2.24) is 0 Å². The summed E-state index contributed by atoms with van der Waals surface area (Å²) in [5.41, 5.74) is 5.05. The van der Waals surface area contributed by atoms with Crippen LogP contribution in [0.3, 0.4) is 0 Å². The SMILES string of the molecule is COC(=O)C1=C(N)OC2=C(C(=O)CC(C)(C)C2)[C@@]12C(=O)Nc1ccc(Br)cc12. The van der Waals surface area contributed by atoms with Crippen LogP contribution in [0.25, 0.3) is 0 Å². The van der Waals surface area contributed by atoms with Gasteiger partial charge in [-0.3, -0.25) is 9.59 Å². The maximum Gasteiger partial charge on any atom is 0.340 e. The third-order valence-corrected chi connectivity index (χ3v) is 5.92. The number of nitrogens with one attached hydrogen (secondary N) is 1. The number of anilines is 1. The van der Waals surface area contributed by atoms with Gasteiger partial charge in [0.05, 0.1) is 12.7 Å². The van der Waals surface area contributed by atoms with Crippen molar-refractivity contribution < 1.29 is 23.9 Å². The number of fused-ring (bicyclic) bond motifs is 3. The van der Waals surface area contributed by atoms with Crippen LogP contribution in [0.15, 0.2) is 45.5 Å². The number of Topliss-reactive ketones (excluding diaryl/α,β-unsaturated/α-hetero) is 1. The Hall–Kier alpha value is -2.61. The molecule has 7 nitrogen and oxygen atoms in total. The van der Waals surface area contributed by atoms with Gasteiger partial charge in [-0.1, -0.05) is 29.8 Å². The van der Waals surface area contributed by atoms with E-state index >= 15 is 0 Å². The number of amides is 1. The number of esters is 1. The molecule has 0 unspecified atom stereocenters. The molecule has 146 valence electrons. The molecule has 8 heteroatoms. The van der Waals surface area contributed by atoms with Gasteiger partial charge < -0.3 is 20.5 Å². The summed E-state index contributed by atoms with van der Waals surface area (Å²) in [6, 6.07) is 5.19. The summed E-state index contributed by atoms with van der Waals surface area (Å²) >= 11 is 3.41. The molecule has 2 aliphatic heterocycles. The Kier molecular flexibility index (Phi) is 3.98. The molecule has 0 radical (unpaired) electrons. The second kappa shape index (κ2) is 5.94. The monoisotopic (exact) mass is 446 g/mol. The molecule has 3 aliphatic rings. The zero-order valence-electron chi connectivity index (χ0n) is 15.6. The Bertz CT molecular complexity index is 1020. The number of allylic oxidation sites excluding steroid dienone is 1. The van der Waals surface area contributed by atoms with E-state index in [1.54, 1.807) is 18.2 Å². The molecule has 1 aliphatic carbocycles. The Labute approximate surface area is 170 Å². The van der Waals surface area contributed by atoms with E-state index < -0.39 is 17.3 Å². The molecule has 0 fully saturated rings. The molecule has 3 N–H and O–H groups in total. The zero-order chi connectivity index (χ0) is 20.4. The van der Waals surface area contributed by atoms with Gasteiger partial charge in [-0.2, -0.15) is 0 Å². The molecule has 0 aromatic heterocycles. The van der Waals surface area contributed by atoms with Crippen molar-refractivity contribution in [1.29, 1.82) is 0 Å². The van der Waals surface area contributed by atoms with E-state index in [1.165, 1.54) is 7.11 Å². The molecule has 1 atom stereocenters. The fourth-order valence-electron chi connectivity index (χ4n) is 4.39. The quantitative estimate of drug-likeness (QED) is 0.641. The number of ketones is 1. The van der Waals surface area contributed by atoms with E-state index in [1.807, 2.05) is 13.8 Å². The summed E-state index contributed by atoms with van der Waals surface area (Å²) in [7, 11) is 1.20. The van der Waals surface area contributed by atoms with Crippen LogP contribution in [0.4, 0.5) is 5.69 Å². The lowest BCUT2D eigenvalue weighted by molar-refractivity contribution is -0.139. The summed E-state index contributed by atoms with van der Waals surface area (Å²) in [4.78, 5) is 39.4. The van der Waals surface area contributed by atoms with E-state index in [4.69, 9.17) is 15.2 Å². The standard InChI is InChI=1S/C20H19BrN2O5/c1-19(2)7-12(24)14-13(8-19)28-16(22)15(17(25)27-3)20(14)10-6-9(21)4-5-11(10)23-18(20)26/h4-6H,7-8,22H2,1-3H3,(H,23,26)/t20-/m1/s1. The Morgan fingerprint density at radius 3 is 2.68 bits per heavy atom. The number of halogens is 1. The van der Waals surface area contributed by atoms with Crippen molar-refractivity contribution in [2.45, 2.75) is 32.1 Å². The first-order valence-corrected chi connectivity index (χ1v) is 9.56. The van der Waals surface area contributed by atoms with Crippen LogP contribution in [0, 0.1) is 5.41 Å². The van der Waals surface area contributed by atoms with Gasteiger partial charge in [-0.15, -0.1) is 0 Å². The lowest BCUT2D eigenvalue weighted by atomic mass is 9.62. The van der Waals surface area contributed by atoms with Crippen molar-refractivity contribution in [3.63, 3.8) is 0 Å². The second-order valence-corrected chi connectivity index (χ2v) is 8.88. The molecular formula is C20H19BrN2O5. The van der Waals surface area contributed by atoms with E-state index in [-0.39, 0.29) is 34.6 Å². The molecule has 1 aromatic rings. The average molecular weight is 447 g/mol. The van der Waals surface area contributed by atoms with Gasteiger partial charge in [0, 0.05) is 28.6 Å². The van der Waals surface area contributed by atoms with Gasteiger partial charge in [0.2, 0.25) is 11.8 Å². The highest BCUT2D eigenvalue weighted by Gasteiger charge is 2.62. The Morgan fingerprint density at radius 1 is 1.29 bits per heavy atom. The van der Waals surface area contributed by atoms with Crippen LogP contribution in [-0.4, -0.2) is 24.8 Å². The Morgan fingerprint density at radius 2 is 2.00 bits per heavy atom. The van der Waals surface area contributed by atoms with E-state index in [9.17, 15) is 14.4 Å². The highest BCUT2D eigenvalue weighted by Crippen LogP contribution is 2.56. The summed E-state index contributed by atoms with van der Waals surface area (Å²) in [6.45, 7) is 3.89. The number of ether oxygens (including phenoxy) is 2. The molecule has 28 heavy (non-hydrogen) atoms. The first-order valence-electron chi connectivity index (χ1n) is 8.76. The maximum atomic E-state index is 13.4. The summed E-state index contributed by atoms with van der Waals surface area (Å²) in [5, 5.41) is 2.79. The van der Waals surface area contributed by atoms with Crippen LogP contribution in [0.1, 0.15) is 32.3 Å². The second-order valence-electron chi connectivity index (χ2n) is 7.97. The number of carbonyl (C=O) groups excluding carboxylic acids is 3. The van der Waals surface area contributed by atoms with Crippen LogP contribution < -0.4 is 11.1 Å². The van der Waals surface area contributed by atoms with E-state index in [0.29, 0.717) is 27.9 Å². The van der Waals surface area contributed by atoms with Crippen molar-refractivity contribution in [2.75, 3.05) is 12.4 Å². The first-order chi connectivity index (χ1) is 13.1. The van der Waals surface area contributed by atoms with Crippen molar-refractivity contribution in [2.24, 2.45) is 11.1 Å². The molecule has 1 aromatic carbocycles. The summed E-state index contributed by atoms with van der Waals surface area (Å²) in [5.74, 6) is -1.48. The lowest BCUT2D eigenvalue weighted by Gasteiger charge is -2.41. The molecule has 0 saturated heterocycles. The number of nitrogens with two attached hydrogens (primary N) is 1. The number of hydrogen-bond acceptors (Lipinski definition) is 6. The summed E-state index contributed by atoms with van der Waals surface area (Å²) in [6.07, 6.45) is 0.642. The minimum Gasteiger partial charge on any atom is -0.465 e. The molecule has 1 spiro atoms. The fourth-order valence-corrected chi connectivity index (χ4v) is 4.75. The predicted octanol–water partition coefficient (Wildman–Crippen LogP) is 2.66. The van der Waals surface area contributed by atoms with Crippen LogP contribution in [0.2, 0.25) is 0 Å². The topological polar surface area (TPSA) is 108 Å². The fraction of sp³-hybridized carbons (Fsp3) is 0.350. The van der Waals surface area contributed by atoms with Gasteiger partial charge in [-0.05, 0) is 23.6 Å². The first kappa shape index (κ1) is 18.7. The minimum atomic E-state index is -1.70. The largest absolute Gasteiger partial charge is 0.465 e. The number of methoxy groups -OCH3 is 1. The minimum absolute atomic E-state index is 0.163. The Balaban J connectivity index is 2.11. The van der Waals surface area contributed by atoms with E-state index in [0.717, 1.165) is 0 Å². The number of rotatable bonds is 1. The van der Waals surface area contributed by atoms with Gasteiger partial charge >= 0.3 is 5.97 Å². The summed E-state index contributed by atoms with van der Waals surface area (Å²) < 4.78 is 11.3. The van der Waals surface area contributed by atoms with Crippen molar-refractivity contribution in [3.8, 4) is 0 Å². The number of hydrogen-bond donors (Lipinski definition) is 2. The normalized spacial score (nSPS) is 25.3. The molecule has 1 amide bonds. The zero-order valence-corrected chi connectivity index (χ0v) is 17.2. The molecular weight excluding hydrogens is 428 g/mol. The lowest BCUT2D eigenvalue weighted by Crippen LogP contribution is -2.50. The molecule has 4 rings (SSSR count). The highest BCUT2D eigenvalue weighted by molar-refractivity contribution is 9.10. The third kappa shape index (κ3) is 2.37. The number of benzene rings is 1. The van der Waals surface area contributed by atoms with Crippen LogP contribution in [-0.2, 0) is 29.3 Å². The van der Waals surface area contributed by atoms with Gasteiger partial charge in [0.15, 0.2) is 5.78 Å². The number of carbonyl (C=O) groups is 3. The van der Waals surface area contributed by atoms with Crippen molar-refractivity contribution >= 4 is 39.3 Å². The smallest absolute Gasteiger partial charge is 0.340 e. The predicted molar refractivity (Wildman–Crippen MR) is 104 cm³/mol. The average Bonchev–Trinajstić information content (AvgIpc) is 2.85. The van der Waals surface area contributed by atoms with Gasteiger partial charge in [-0.25, -0.2) is 4.79 Å². The molecule has 0 saturated carbocycles. The van der Waals surface area contributed by atoms with Crippen LogP contribution >= 0.6 is 15.9 Å². The molecule has 2 heterocycles. The van der Waals surface area contributed by atoms with E-state index in [2.05, 4.69) is 21.2 Å². The highest BCUT2D eigenvalue weighted by atomic mass is 79.9. The van der Waals surface area contributed by atoms with Crippen molar-refractivity contribution in [3.05, 3.63) is 51.0 Å². The van der Waals surface area contributed by atoms with Crippen LogP contribution in [0.5, 0.6) is 0 Å². The third-order valence-electron chi connectivity index (χ3n) is 5.43.